The summed E-state index contributed by atoms with van der Waals surface area (Å²) in [6, 6.07) is 8.47. The molecule has 0 amide bonds. The van der Waals surface area contributed by atoms with Gasteiger partial charge in [-0.2, -0.15) is 0 Å². The number of aryl methyl sites for hydroxylation is 1. The number of nitrogens with zero attached hydrogens (tertiary/aromatic N) is 3. The highest BCUT2D eigenvalue weighted by atomic mass is 16.5. The van der Waals surface area contributed by atoms with Gasteiger partial charge in [0, 0.05) is 31.7 Å². The van der Waals surface area contributed by atoms with Gasteiger partial charge in [0.05, 0.1) is 29.3 Å². The number of aromatic nitrogens is 1. The summed E-state index contributed by atoms with van der Waals surface area (Å²) >= 11 is 0. The standard InChI is InChI=1S/C19H25N3O/c1-5-22(3)12-20-17-11-15-7-6-8-16(18(15)21-13(17)2)19(23-4)14-9-10-14/h6-8,11-12,14,19H,5,9-10H2,1-4H3/b20-12+. The Labute approximate surface area is 138 Å². The van der Waals surface area contributed by atoms with Gasteiger partial charge in [-0.1, -0.05) is 18.2 Å². The van der Waals surface area contributed by atoms with Crippen LogP contribution in [0, 0.1) is 12.8 Å². The van der Waals surface area contributed by atoms with Crippen LogP contribution in [0.2, 0.25) is 0 Å². The molecule has 1 atom stereocenters. The van der Waals surface area contributed by atoms with Gasteiger partial charge in [0.2, 0.25) is 0 Å². The highest BCUT2D eigenvalue weighted by Gasteiger charge is 2.33. The molecule has 2 aromatic rings. The van der Waals surface area contributed by atoms with Gasteiger partial charge in [0.25, 0.3) is 0 Å². The Hall–Kier alpha value is -1.94. The molecule has 3 rings (SSSR count). The molecule has 1 heterocycles. The summed E-state index contributed by atoms with van der Waals surface area (Å²) in [4.78, 5) is 11.5. The van der Waals surface area contributed by atoms with E-state index in [4.69, 9.17) is 9.72 Å². The van der Waals surface area contributed by atoms with Crippen LogP contribution in [0.5, 0.6) is 0 Å². The number of hydrogen-bond donors (Lipinski definition) is 0. The van der Waals surface area contributed by atoms with Crippen LogP contribution < -0.4 is 0 Å². The molecule has 0 spiro atoms. The first-order chi connectivity index (χ1) is 11.1. The molecule has 0 radical (unpaired) electrons. The lowest BCUT2D eigenvalue weighted by molar-refractivity contribution is 0.0856. The number of para-hydroxylation sites is 1. The maximum atomic E-state index is 5.76. The molecular formula is C19H25N3O. The first-order valence-electron chi connectivity index (χ1n) is 8.31. The van der Waals surface area contributed by atoms with Gasteiger partial charge in [0.1, 0.15) is 0 Å². The largest absolute Gasteiger partial charge is 0.376 e. The van der Waals surface area contributed by atoms with Crippen molar-refractivity contribution in [3.63, 3.8) is 0 Å². The highest BCUT2D eigenvalue weighted by Crippen LogP contribution is 2.44. The van der Waals surface area contributed by atoms with Gasteiger partial charge >= 0.3 is 0 Å². The van der Waals surface area contributed by atoms with Crippen LogP contribution >= 0.6 is 0 Å². The van der Waals surface area contributed by atoms with Crippen molar-refractivity contribution in [2.24, 2.45) is 10.9 Å². The second-order valence-corrected chi connectivity index (χ2v) is 6.32. The third-order valence-corrected chi connectivity index (χ3v) is 4.54. The van der Waals surface area contributed by atoms with Crippen molar-refractivity contribution in [3.8, 4) is 0 Å². The van der Waals surface area contributed by atoms with Crippen molar-refractivity contribution in [1.82, 2.24) is 9.88 Å². The van der Waals surface area contributed by atoms with Gasteiger partial charge < -0.3 is 9.64 Å². The van der Waals surface area contributed by atoms with E-state index in [0.717, 1.165) is 28.8 Å². The second kappa shape index (κ2) is 6.67. The summed E-state index contributed by atoms with van der Waals surface area (Å²) < 4.78 is 5.76. The van der Waals surface area contributed by atoms with E-state index >= 15 is 0 Å². The van der Waals surface area contributed by atoms with Gasteiger partial charge in [-0.3, -0.25) is 4.98 Å². The minimum Gasteiger partial charge on any atom is -0.376 e. The van der Waals surface area contributed by atoms with E-state index in [-0.39, 0.29) is 6.10 Å². The average Bonchev–Trinajstić information content (AvgIpc) is 3.38. The van der Waals surface area contributed by atoms with Crippen molar-refractivity contribution in [2.75, 3.05) is 20.7 Å². The van der Waals surface area contributed by atoms with Crippen molar-refractivity contribution in [3.05, 3.63) is 35.5 Å². The zero-order valence-electron chi connectivity index (χ0n) is 14.4. The minimum atomic E-state index is 0.158. The number of hydrogen-bond acceptors (Lipinski definition) is 3. The molecule has 0 aliphatic heterocycles. The molecule has 1 aliphatic carbocycles. The summed E-state index contributed by atoms with van der Waals surface area (Å²) in [5, 5.41) is 1.13. The van der Waals surface area contributed by atoms with Crippen molar-refractivity contribution >= 4 is 22.9 Å². The smallest absolute Gasteiger partial charge is 0.0910 e. The van der Waals surface area contributed by atoms with Gasteiger partial charge in [-0.05, 0) is 38.7 Å². The van der Waals surface area contributed by atoms with Crippen LogP contribution in [0.3, 0.4) is 0 Å². The fourth-order valence-electron chi connectivity index (χ4n) is 2.88. The van der Waals surface area contributed by atoms with E-state index in [0.29, 0.717) is 5.92 Å². The Morgan fingerprint density at radius 1 is 1.43 bits per heavy atom. The second-order valence-electron chi connectivity index (χ2n) is 6.32. The Balaban J connectivity index is 2.02. The topological polar surface area (TPSA) is 37.7 Å². The Bertz CT molecular complexity index is 722. The van der Waals surface area contributed by atoms with Crippen LogP contribution in [0.15, 0.2) is 29.3 Å². The molecule has 1 aromatic carbocycles. The Morgan fingerprint density at radius 2 is 2.22 bits per heavy atom. The fourth-order valence-corrected chi connectivity index (χ4v) is 2.88. The molecule has 0 saturated heterocycles. The highest BCUT2D eigenvalue weighted by molar-refractivity contribution is 5.86. The molecule has 4 heteroatoms. The lowest BCUT2D eigenvalue weighted by Gasteiger charge is -2.17. The lowest BCUT2D eigenvalue weighted by atomic mass is 10.0. The summed E-state index contributed by atoms with van der Waals surface area (Å²) in [5.41, 5.74) is 4.13. The third kappa shape index (κ3) is 3.37. The first-order valence-corrected chi connectivity index (χ1v) is 8.31. The number of ether oxygens (including phenoxy) is 1. The average molecular weight is 311 g/mol. The normalized spacial score (nSPS) is 16.2. The molecule has 1 aromatic heterocycles. The summed E-state index contributed by atoms with van der Waals surface area (Å²) in [5.74, 6) is 0.642. The molecule has 1 fully saturated rings. The number of rotatable bonds is 6. The zero-order chi connectivity index (χ0) is 16.4. The quantitative estimate of drug-likeness (QED) is 0.591. The molecule has 1 saturated carbocycles. The molecule has 122 valence electrons. The molecule has 0 N–H and O–H groups in total. The maximum absolute atomic E-state index is 5.76. The number of fused-ring (bicyclic) bond motifs is 1. The van der Waals surface area contributed by atoms with E-state index in [1.165, 1.54) is 18.4 Å². The SMILES string of the molecule is CCN(C)/C=N/c1cc2cccc(C(OC)C3CC3)c2nc1C. The molecule has 0 bridgehead atoms. The minimum absolute atomic E-state index is 0.158. The van der Waals surface area contributed by atoms with Crippen molar-refractivity contribution < 1.29 is 4.74 Å². The molecule has 1 aliphatic rings. The van der Waals surface area contributed by atoms with E-state index in [9.17, 15) is 0 Å². The monoisotopic (exact) mass is 311 g/mol. The summed E-state index contributed by atoms with van der Waals surface area (Å²) in [6.45, 7) is 5.06. The summed E-state index contributed by atoms with van der Waals surface area (Å²) in [6.07, 6.45) is 4.52. The van der Waals surface area contributed by atoms with Gasteiger partial charge in [-0.25, -0.2) is 4.99 Å². The predicted molar refractivity (Wildman–Crippen MR) is 95.4 cm³/mol. The Kier molecular flexibility index (Phi) is 4.62. The van der Waals surface area contributed by atoms with E-state index < -0.39 is 0 Å². The Morgan fingerprint density at radius 3 is 2.87 bits per heavy atom. The molecule has 4 nitrogen and oxygen atoms in total. The molecule has 23 heavy (non-hydrogen) atoms. The predicted octanol–water partition coefficient (Wildman–Crippen LogP) is 4.25. The van der Waals surface area contributed by atoms with Crippen LogP contribution in [-0.4, -0.2) is 36.9 Å². The van der Waals surface area contributed by atoms with E-state index in [1.54, 1.807) is 7.11 Å². The van der Waals surface area contributed by atoms with Crippen LogP contribution in [0.1, 0.15) is 37.1 Å². The van der Waals surface area contributed by atoms with Crippen LogP contribution in [-0.2, 0) is 4.74 Å². The number of aliphatic imine (C=N–C) groups is 1. The van der Waals surface area contributed by atoms with Crippen LogP contribution in [0.25, 0.3) is 10.9 Å². The molecule has 1 unspecified atom stereocenters. The fraction of sp³-hybridized carbons (Fsp3) is 0.474. The maximum Gasteiger partial charge on any atom is 0.0910 e. The lowest BCUT2D eigenvalue weighted by Crippen LogP contribution is -2.14. The van der Waals surface area contributed by atoms with E-state index in [1.807, 2.05) is 25.2 Å². The summed E-state index contributed by atoms with van der Waals surface area (Å²) in [7, 11) is 3.82. The van der Waals surface area contributed by atoms with Crippen molar-refractivity contribution in [1.29, 1.82) is 0 Å². The van der Waals surface area contributed by atoms with E-state index in [2.05, 4.69) is 36.2 Å². The first kappa shape index (κ1) is 15.9. The number of benzene rings is 1. The molecular weight excluding hydrogens is 286 g/mol. The third-order valence-electron chi connectivity index (χ3n) is 4.54. The van der Waals surface area contributed by atoms with Gasteiger partial charge in [0.15, 0.2) is 0 Å². The van der Waals surface area contributed by atoms with Crippen LogP contribution in [0.4, 0.5) is 5.69 Å². The van der Waals surface area contributed by atoms with Gasteiger partial charge in [-0.15, -0.1) is 0 Å². The van der Waals surface area contributed by atoms with Crippen molar-refractivity contribution in [2.45, 2.75) is 32.8 Å². The zero-order valence-corrected chi connectivity index (χ0v) is 14.4. The number of methoxy groups -OCH3 is 1. The number of pyridine rings is 1.